The van der Waals surface area contributed by atoms with Crippen LogP contribution in [0.1, 0.15) is 36.1 Å². The Hall–Kier alpha value is -2.69. The van der Waals surface area contributed by atoms with Crippen LogP contribution in [0.25, 0.3) is 0 Å². The highest BCUT2D eigenvalue weighted by atomic mass is 28.2. The Morgan fingerprint density at radius 1 is 1.00 bits per heavy atom. The van der Waals surface area contributed by atoms with Gasteiger partial charge in [-0.1, -0.05) is 78.0 Å². The van der Waals surface area contributed by atoms with Gasteiger partial charge in [0.15, 0.2) is 0 Å². The highest BCUT2D eigenvalue weighted by Crippen LogP contribution is 2.32. The first kappa shape index (κ1) is 20.6. The minimum absolute atomic E-state index is 0.268. The van der Waals surface area contributed by atoms with Gasteiger partial charge >= 0.3 is 5.97 Å². The minimum atomic E-state index is -0.268. The molecule has 1 aliphatic heterocycles. The standard InChI is InChI=1S/C26H27NO2Si/c1-20(28)29-24-13-12-23-19-27(16-14-22(23)18-24)26(21-8-4-2-5-9-21)15-17-30-25-10-6-3-7-11-25/h2-13,18,26H,14-17,19H2,1H3/t26-/m0/s1. The number of ether oxygens (including phenoxy) is 1. The van der Waals surface area contributed by atoms with E-state index in [1.165, 1.54) is 34.8 Å². The molecule has 0 fully saturated rings. The molecule has 0 spiro atoms. The van der Waals surface area contributed by atoms with Crippen molar-refractivity contribution < 1.29 is 9.53 Å². The fourth-order valence-electron chi connectivity index (χ4n) is 4.19. The highest BCUT2D eigenvalue weighted by Gasteiger charge is 2.25. The van der Waals surface area contributed by atoms with Crippen LogP contribution >= 0.6 is 0 Å². The molecule has 0 unspecified atom stereocenters. The van der Waals surface area contributed by atoms with Crippen molar-refractivity contribution in [3.05, 3.63) is 95.6 Å². The predicted molar refractivity (Wildman–Crippen MR) is 122 cm³/mol. The molecule has 0 saturated carbocycles. The Bertz CT molecular complexity index is 975. The maximum atomic E-state index is 11.3. The highest BCUT2D eigenvalue weighted by molar-refractivity contribution is 6.53. The van der Waals surface area contributed by atoms with E-state index in [9.17, 15) is 4.79 Å². The number of carbonyl (C=O) groups excluding carboxylic acids is 1. The van der Waals surface area contributed by atoms with Crippen LogP contribution in [0.4, 0.5) is 0 Å². The molecule has 0 saturated heterocycles. The van der Waals surface area contributed by atoms with Crippen LogP contribution in [-0.4, -0.2) is 26.9 Å². The van der Waals surface area contributed by atoms with Gasteiger partial charge in [-0.15, -0.1) is 0 Å². The fraction of sp³-hybridized carbons (Fsp3) is 0.269. The lowest BCUT2D eigenvalue weighted by Crippen LogP contribution is -2.34. The second-order valence-electron chi connectivity index (χ2n) is 7.75. The summed E-state index contributed by atoms with van der Waals surface area (Å²) in [5.41, 5.74) is 4.03. The maximum Gasteiger partial charge on any atom is 0.308 e. The second kappa shape index (κ2) is 9.87. The summed E-state index contributed by atoms with van der Waals surface area (Å²) >= 11 is 0. The van der Waals surface area contributed by atoms with Crippen molar-refractivity contribution in [3.8, 4) is 5.75 Å². The number of hydrogen-bond acceptors (Lipinski definition) is 3. The molecule has 0 aliphatic carbocycles. The monoisotopic (exact) mass is 413 g/mol. The van der Waals surface area contributed by atoms with Crippen LogP contribution in [0.2, 0.25) is 6.04 Å². The molecule has 0 bridgehead atoms. The SMILES string of the molecule is CC(=O)Oc1ccc2c(c1)CCN([C@@H](CC[Si]c1ccccc1)c1ccccc1)C2. The molecule has 152 valence electrons. The molecule has 2 radical (unpaired) electrons. The average Bonchev–Trinajstić information content (AvgIpc) is 2.77. The largest absolute Gasteiger partial charge is 0.427 e. The van der Waals surface area contributed by atoms with Crippen molar-refractivity contribution >= 4 is 20.7 Å². The molecule has 1 aliphatic rings. The Morgan fingerprint density at radius 3 is 2.47 bits per heavy atom. The van der Waals surface area contributed by atoms with Gasteiger partial charge < -0.3 is 4.74 Å². The first-order valence-corrected chi connectivity index (χ1v) is 11.8. The van der Waals surface area contributed by atoms with Crippen molar-refractivity contribution in [2.75, 3.05) is 6.54 Å². The lowest BCUT2D eigenvalue weighted by atomic mass is 9.95. The lowest BCUT2D eigenvalue weighted by molar-refractivity contribution is -0.131. The molecule has 3 aromatic rings. The van der Waals surface area contributed by atoms with Crippen molar-refractivity contribution in [1.29, 1.82) is 0 Å². The molecule has 4 heteroatoms. The van der Waals surface area contributed by atoms with E-state index in [0.717, 1.165) is 35.5 Å². The predicted octanol–water partition coefficient (Wildman–Crippen LogP) is 4.55. The Morgan fingerprint density at radius 2 is 1.73 bits per heavy atom. The maximum absolute atomic E-state index is 11.3. The van der Waals surface area contributed by atoms with Gasteiger partial charge in [0.2, 0.25) is 0 Å². The number of rotatable bonds is 7. The lowest BCUT2D eigenvalue weighted by Gasteiger charge is -2.36. The fourth-order valence-corrected chi connectivity index (χ4v) is 5.33. The van der Waals surface area contributed by atoms with Gasteiger partial charge in [-0.25, -0.2) is 0 Å². The summed E-state index contributed by atoms with van der Waals surface area (Å²) in [6, 6.07) is 29.4. The molecule has 0 aromatic heterocycles. The zero-order chi connectivity index (χ0) is 20.8. The van der Waals surface area contributed by atoms with E-state index in [2.05, 4.69) is 71.6 Å². The van der Waals surface area contributed by atoms with Gasteiger partial charge in [0.25, 0.3) is 0 Å². The van der Waals surface area contributed by atoms with Crippen molar-refractivity contribution in [2.45, 2.75) is 38.4 Å². The molecule has 0 N–H and O–H groups in total. The van der Waals surface area contributed by atoms with Gasteiger partial charge in [0.05, 0.1) is 9.52 Å². The van der Waals surface area contributed by atoms with E-state index in [4.69, 9.17) is 4.74 Å². The van der Waals surface area contributed by atoms with Crippen molar-refractivity contribution in [2.24, 2.45) is 0 Å². The van der Waals surface area contributed by atoms with Gasteiger partial charge in [0.1, 0.15) is 5.75 Å². The topological polar surface area (TPSA) is 29.5 Å². The Kier molecular flexibility index (Phi) is 6.77. The Labute approximate surface area is 181 Å². The molecule has 1 heterocycles. The third kappa shape index (κ3) is 5.26. The van der Waals surface area contributed by atoms with Gasteiger partial charge in [-0.05, 0) is 41.7 Å². The first-order valence-electron chi connectivity index (χ1n) is 10.6. The minimum Gasteiger partial charge on any atom is -0.427 e. The molecule has 3 aromatic carbocycles. The van der Waals surface area contributed by atoms with Crippen LogP contribution in [0.5, 0.6) is 5.75 Å². The van der Waals surface area contributed by atoms with Gasteiger partial charge in [-0.2, -0.15) is 0 Å². The van der Waals surface area contributed by atoms with Crippen LogP contribution in [0, 0.1) is 0 Å². The number of esters is 1. The van der Waals surface area contributed by atoms with Gasteiger partial charge in [0, 0.05) is 26.1 Å². The number of carbonyl (C=O) groups is 1. The van der Waals surface area contributed by atoms with Crippen LogP contribution in [0.3, 0.4) is 0 Å². The normalized spacial score (nSPS) is 14.7. The van der Waals surface area contributed by atoms with E-state index in [-0.39, 0.29) is 5.97 Å². The number of fused-ring (bicyclic) bond motifs is 1. The smallest absolute Gasteiger partial charge is 0.308 e. The molecular formula is C26H27NO2Si. The molecule has 4 rings (SSSR count). The molecule has 0 amide bonds. The second-order valence-corrected chi connectivity index (χ2v) is 9.18. The van der Waals surface area contributed by atoms with Crippen LogP contribution in [-0.2, 0) is 17.8 Å². The van der Waals surface area contributed by atoms with E-state index >= 15 is 0 Å². The Balaban J connectivity index is 1.48. The third-order valence-corrected chi connectivity index (χ3v) is 6.91. The number of nitrogens with zero attached hydrogens (tertiary/aromatic N) is 1. The molecule has 3 nitrogen and oxygen atoms in total. The van der Waals surface area contributed by atoms with E-state index in [1.54, 1.807) is 0 Å². The first-order chi connectivity index (χ1) is 14.7. The summed E-state index contributed by atoms with van der Waals surface area (Å²) in [6.45, 7) is 3.40. The number of benzene rings is 3. The third-order valence-electron chi connectivity index (χ3n) is 5.63. The quantitative estimate of drug-likeness (QED) is 0.323. The number of hydrogen-bond donors (Lipinski definition) is 0. The zero-order valence-corrected chi connectivity index (χ0v) is 18.4. The van der Waals surface area contributed by atoms with E-state index in [0.29, 0.717) is 11.8 Å². The van der Waals surface area contributed by atoms with Crippen molar-refractivity contribution in [1.82, 2.24) is 4.90 Å². The summed E-state index contributed by atoms with van der Waals surface area (Å²) < 4.78 is 5.27. The molecule has 1 atom stereocenters. The van der Waals surface area contributed by atoms with Crippen molar-refractivity contribution in [3.63, 3.8) is 0 Å². The van der Waals surface area contributed by atoms with Crippen LogP contribution < -0.4 is 9.92 Å². The summed E-state index contributed by atoms with van der Waals surface area (Å²) in [7, 11) is 0.840. The summed E-state index contributed by atoms with van der Waals surface area (Å²) in [5, 5.41) is 1.44. The average molecular weight is 414 g/mol. The summed E-state index contributed by atoms with van der Waals surface area (Å²) in [6.07, 6.45) is 2.13. The van der Waals surface area contributed by atoms with Gasteiger partial charge in [-0.3, -0.25) is 9.69 Å². The zero-order valence-electron chi connectivity index (χ0n) is 17.4. The summed E-state index contributed by atoms with van der Waals surface area (Å²) in [5.74, 6) is 0.383. The molecule has 30 heavy (non-hydrogen) atoms. The van der Waals surface area contributed by atoms with E-state index < -0.39 is 0 Å². The van der Waals surface area contributed by atoms with E-state index in [1.807, 2.05) is 12.1 Å². The summed E-state index contributed by atoms with van der Waals surface area (Å²) in [4.78, 5) is 13.9. The molecular weight excluding hydrogens is 386 g/mol. The van der Waals surface area contributed by atoms with Crippen LogP contribution in [0.15, 0.2) is 78.9 Å².